The van der Waals surface area contributed by atoms with Gasteiger partial charge in [-0.05, 0) is 79.1 Å². The van der Waals surface area contributed by atoms with Crippen molar-refractivity contribution >= 4 is 23.1 Å². The summed E-state index contributed by atoms with van der Waals surface area (Å²) in [6, 6.07) is 24.1. The van der Waals surface area contributed by atoms with Gasteiger partial charge in [0.25, 0.3) is 0 Å². The molecule has 0 saturated heterocycles. The maximum absolute atomic E-state index is 2.48. The Hall–Kier alpha value is -2.80. The fourth-order valence-electron chi connectivity index (χ4n) is 4.53. The van der Waals surface area contributed by atoms with Gasteiger partial charge >= 0.3 is 0 Å². The van der Waals surface area contributed by atoms with Gasteiger partial charge in [-0.1, -0.05) is 54.1 Å². The van der Waals surface area contributed by atoms with Crippen LogP contribution in [-0.2, 0) is 19.3 Å². The SMILES string of the molecule is CC1=Cc2cc3c(c(N(c4ccccc4)c4ccccc4)c2C1)CCC3. The summed E-state index contributed by atoms with van der Waals surface area (Å²) in [6.45, 7) is 2.25. The standard InChI is InChI=1S/C25H23N/c1-18-15-20-17-19-9-8-14-23(19)25(24(20)16-18)26(21-10-4-2-5-11-21)22-12-6-3-7-13-22/h2-7,10-13,15,17H,8-9,14,16H2,1H3. The van der Waals surface area contributed by atoms with Gasteiger partial charge in [-0.15, -0.1) is 0 Å². The Morgan fingerprint density at radius 2 is 1.42 bits per heavy atom. The molecule has 0 unspecified atom stereocenters. The molecule has 2 aliphatic carbocycles. The van der Waals surface area contributed by atoms with E-state index in [9.17, 15) is 0 Å². The van der Waals surface area contributed by atoms with Gasteiger partial charge in [0.1, 0.15) is 0 Å². The number of hydrogen-bond donors (Lipinski definition) is 0. The van der Waals surface area contributed by atoms with Crippen LogP contribution in [0.4, 0.5) is 17.1 Å². The maximum Gasteiger partial charge on any atom is 0.0537 e. The lowest BCUT2D eigenvalue weighted by molar-refractivity contribution is 0.910. The van der Waals surface area contributed by atoms with E-state index in [0.717, 1.165) is 6.42 Å². The summed E-state index contributed by atoms with van der Waals surface area (Å²) in [6.07, 6.45) is 7.11. The topological polar surface area (TPSA) is 3.24 Å². The Labute approximate surface area is 155 Å². The van der Waals surface area contributed by atoms with Crippen LogP contribution in [0.25, 0.3) is 6.08 Å². The number of hydrogen-bond acceptors (Lipinski definition) is 1. The molecule has 26 heavy (non-hydrogen) atoms. The minimum absolute atomic E-state index is 1.06. The van der Waals surface area contributed by atoms with Crippen molar-refractivity contribution in [3.63, 3.8) is 0 Å². The molecule has 2 aliphatic rings. The molecule has 0 heterocycles. The summed E-state index contributed by atoms with van der Waals surface area (Å²) < 4.78 is 0. The van der Waals surface area contributed by atoms with E-state index in [1.54, 1.807) is 11.1 Å². The Bertz CT molecular complexity index is 944. The van der Waals surface area contributed by atoms with Crippen LogP contribution < -0.4 is 4.90 Å². The Kier molecular flexibility index (Phi) is 3.67. The van der Waals surface area contributed by atoms with Crippen LogP contribution in [0.2, 0.25) is 0 Å². The van der Waals surface area contributed by atoms with Crippen molar-refractivity contribution in [3.05, 3.63) is 94.6 Å². The summed E-state index contributed by atoms with van der Waals surface area (Å²) in [4.78, 5) is 2.48. The van der Waals surface area contributed by atoms with E-state index >= 15 is 0 Å². The molecule has 1 heteroatoms. The molecule has 5 rings (SSSR count). The molecule has 3 aromatic rings. The van der Waals surface area contributed by atoms with Gasteiger partial charge in [0.2, 0.25) is 0 Å². The fraction of sp³-hybridized carbons (Fsp3) is 0.200. The van der Waals surface area contributed by atoms with Crippen LogP contribution in [0.3, 0.4) is 0 Å². The van der Waals surface area contributed by atoms with Crippen molar-refractivity contribution in [3.8, 4) is 0 Å². The molecule has 128 valence electrons. The van der Waals surface area contributed by atoms with Crippen molar-refractivity contribution in [2.24, 2.45) is 0 Å². The monoisotopic (exact) mass is 337 g/mol. The normalized spacial score (nSPS) is 14.7. The van der Waals surface area contributed by atoms with Gasteiger partial charge in [0, 0.05) is 11.4 Å². The second-order valence-corrected chi connectivity index (χ2v) is 7.46. The van der Waals surface area contributed by atoms with Crippen molar-refractivity contribution in [1.29, 1.82) is 0 Å². The van der Waals surface area contributed by atoms with Crippen molar-refractivity contribution in [1.82, 2.24) is 0 Å². The number of benzene rings is 3. The molecular formula is C25H23N. The molecule has 3 aromatic carbocycles. The zero-order valence-corrected chi connectivity index (χ0v) is 15.2. The summed E-state index contributed by atoms with van der Waals surface area (Å²) in [5, 5.41) is 0. The summed E-state index contributed by atoms with van der Waals surface area (Å²) in [5.41, 5.74) is 11.4. The van der Waals surface area contributed by atoms with Gasteiger partial charge < -0.3 is 4.90 Å². The van der Waals surface area contributed by atoms with E-state index in [0.29, 0.717) is 0 Å². The molecule has 0 spiro atoms. The summed E-state index contributed by atoms with van der Waals surface area (Å²) >= 11 is 0. The van der Waals surface area contributed by atoms with E-state index in [1.165, 1.54) is 53.0 Å². The predicted molar refractivity (Wildman–Crippen MR) is 111 cm³/mol. The molecule has 0 aromatic heterocycles. The lowest BCUT2D eigenvalue weighted by atomic mass is 9.96. The highest BCUT2D eigenvalue weighted by Gasteiger charge is 2.28. The highest BCUT2D eigenvalue weighted by Crippen LogP contribution is 2.46. The van der Waals surface area contributed by atoms with Gasteiger partial charge in [0.05, 0.1) is 5.69 Å². The zero-order valence-electron chi connectivity index (χ0n) is 15.2. The predicted octanol–water partition coefficient (Wildman–Crippen LogP) is 6.60. The average molecular weight is 337 g/mol. The number of para-hydroxylation sites is 2. The highest BCUT2D eigenvalue weighted by atomic mass is 15.1. The van der Waals surface area contributed by atoms with Gasteiger partial charge in [-0.25, -0.2) is 0 Å². The smallest absolute Gasteiger partial charge is 0.0537 e. The number of aryl methyl sites for hydroxylation is 1. The number of nitrogens with zero attached hydrogens (tertiary/aromatic N) is 1. The third-order valence-corrected chi connectivity index (χ3v) is 5.62. The average Bonchev–Trinajstić information content (AvgIpc) is 3.28. The minimum Gasteiger partial charge on any atom is -0.310 e. The lowest BCUT2D eigenvalue weighted by Crippen LogP contribution is -2.15. The first-order chi connectivity index (χ1) is 12.8. The summed E-state index contributed by atoms with van der Waals surface area (Å²) in [7, 11) is 0. The maximum atomic E-state index is 2.48. The van der Waals surface area contributed by atoms with E-state index in [1.807, 2.05) is 0 Å². The zero-order chi connectivity index (χ0) is 17.5. The Morgan fingerprint density at radius 3 is 2.08 bits per heavy atom. The first-order valence-corrected chi connectivity index (χ1v) is 9.56. The molecule has 0 bridgehead atoms. The van der Waals surface area contributed by atoms with Crippen molar-refractivity contribution in [2.75, 3.05) is 4.90 Å². The van der Waals surface area contributed by atoms with Gasteiger partial charge in [0.15, 0.2) is 0 Å². The van der Waals surface area contributed by atoms with Crippen molar-refractivity contribution < 1.29 is 0 Å². The lowest BCUT2D eigenvalue weighted by Gasteiger charge is -2.30. The molecule has 0 radical (unpaired) electrons. The molecule has 0 amide bonds. The van der Waals surface area contributed by atoms with E-state index in [2.05, 4.69) is 84.6 Å². The Balaban J connectivity index is 1.79. The quantitative estimate of drug-likeness (QED) is 0.520. The third-order valence-electron chi connectivity index (χ3n) is 5.62. The van der Waals surface area contributed by atoms with Crippen LogP contribution in [0.15, 0.2) is 72.3 Å². The second kappa shape index (κ2) is 6.17. The molecule has 0 atom stereocenters. The molecule has 0 N–H and O–H groups in total. The largest absolute Gasteiger partial charge is 0.310 e. The van der Waals surface area contributed by atoms with E-state index in [-0.39, 0.29) is 0 Å². The number of anilines is 3. The van der Waals surface area contributed by atoms with Crippen LogP contribution in [-0.4, -0.2) is 0 Å². The third kappa shape index (κ3) is 2.47. The molecular weight excluding hydrogens is 314 g/mol. The molecule has 0 saturated carbocycles. The van der Waals surface area contributed by atoms with Gasteiger partial charge in [-0.3, -0.25) is 0 Å². The molecule has 0 fully saturated rings. The Morgan fingerprint density at radius 1 is 0.769 bits per heavy atom. The van der Waals surface area contributed by atoms with E-state index < -0.39 is 0 Å². The van der Waals surface area contributed by atoms with E-state index in [4.69, 9.17) is 0 Å². The van der Waals surface area contributed by atoms with Crippen LogP contribution in [0, 0.1) is 0 Å². The molecule has 1 nitrogen and oxygen atoms in total. The number of rotatable bonds is 3. The van der Waals surface area contributed by atoms with Crippen LogP contribution in [0.5, 0.6) is 0 Å². The summed E-state index contributed by atoms with van der Waals surface area (Å²) in [5.74, 6) is 0. The number of allylic oxidation sites excluding steroid dienone is 1. The van der Waals surface area contributed by atoms with Crippen molar-refractivity contribution in [2.45, 2.75) is 32.6 Å². The molecule has 0 aliphatic heterocycles. The minimum atomic E-state index is 1.06. The highest BCUT2D eigenvalue weighted by molar-refractivity contribution is 5.86. The first-order valence-electron chi connectivity index (χ1n) is 9.56. The van der Waals surface area contributed by atoms with Crippen LogP contribution in [0.1, 0.15) is 35.6 Å². The number of fused-ring (bicyclic) bond motifs is 2. The van der Waals surface area contributed by atoms with Crippen LogP contribution >= 0.6 is 0 Å². The second-order valence-electron chi connectivity index (χ2n) is 7.46. The first kappa shape index (κ1) is 15.5. The fourth-order valence-corrected chi connectivity index (χ4v) is 4.53. The van der Waals surface area contributed by atoms with Gasteiger partial charge in [-0.2, -0.15) is 0 Å².